The number of hydrogen-bond donors (Lipinski definition) is 3. The van der Waals surface area contributed by atoms with Crippen LogP contribution in [0, 0.1) is 0 Å². The van der Waals surface area contributed by atoms with Crippen LogP contribution in [-0.2, 0) is 19.6 Å². The molecule has 0 aliphatic heterocycles. The van der Waals surface area contributed by atoms with Crippen LogP contribution in [0.3, 0.4) is 0 Å². The molecule has 114 valence electrons. The zero-order chi connectivity index (χ0) is 15.6. The van der Waals surface area contributed by atoms with E-state index >= 15 is 0 Å². The first kappa shape index (κ1) is 16.0. The highest BCUT2D eigenvalue weighted by Crippen LogP contribution is 2.28. The van der Waals surface area contributed by atoms with Crippen LogP contribution in [0.5, 0.6) is 0 Å². The summed E-state index contributed by atoms with van der Waals surface area (Å²) in [7, 11) is -4.13. The first-order valence-electron chi connectivity index (χ1n) is 5.88. The zero-order valence-electron chi connectivity index (χ0n) is 10.5. The first-order valence-corrected chi connectivity index (χ1v) is 8.12. The molecule has 0 aromatic heterocycles. The summed E-state index contributed by atoms with van der Waals surface area (Å²) in [4.78, 5) is 24.3. The van der Waals surface area contributed by atoms with Crippen molar-refractivity contribution in [1.82, 2.24) is 15.6 Å². The van der Waals surface area contributed by atoms with Gasteiger partial charge in [0.15, 0.2) is 0 Å². The third-order valence-corrected chi connectivity index (χ3v) is 4.84. The molecule has 1 saturated carbocycles. The summed E-state index contributed by atoms with van der Waals surface area (Å²) >= 11 is 11.5. The molecular weight excluding hydrogens is 341 g/mol. The summed E-state index contributed by atoms with van der Waals surface area (Å²) < 4.78 is 23.9. The van der Waals surface area contributed by atoms with E-state index in [1.807, 2.05) is 5.43 Å². The van der Waals surface area contributed by atoms with E-state index in [1.165, 1.54) is 18.2 Å². The highest BCUT2D eigenvalue weighted by molar-refractivity contribution is 7.89. The monoisotopic (exact) mass is 351 g/mol. The van der Waals surface area contributed by atoms with Crippen LogP contribution in [0.2, 0.25) is 10.0 Å². The molecule has 2 amide bonds. The fraction of sp³-hybridized carbons (Fsp3) is 0.273. The summed E-state index contributed by atoms with van der Waals surface area (Å²) in [5.41, 5.74) is 1.81. The number of nitrogens with one attached hydrogen (secondary N) is 3. The largest absolute Gasteiger partial charge is 0.345 e. The van der Waals surface area contributed by atoms with Crippen molar-refractivity contribution in [3.8, 4) is 0 Å². The van der Waals surface area contributed by atoms with Gasteiger partial charge in [0.05, 0.1) is 10.0 Å². The second-order valence-corrected chi connectivity index (χ2v) is 6.80. The summed E-state index contributed by atoms with van der Waals surface area (Å²) in [5, 5.41) is 2.29. The minimum absolute atomic E-state index is 0.0118. The first-order chi connectivity index (χ1) is 9.81. The Morgan fingerprint density at radius 1 is 1.14 bits per heavy atom. The lowest BCUT2D eigenvalue weighted by Crippen LogP contribution is -2.48. The van der Waals surface area contributed by atoms with Gasteiger partial charge >= 0.3 is 11.8 Å². The van der Waals surface area contributed by atoms with E-state index in [4.69, 9.17) is 23.2 Å². The van der Waals surface area contributed by atoms with Gasteiger partial charge in [0, 0.05) is 6.04 Å². The Morgan fingerprint density at radius 3 is 2.43 bits per heavy atom. The number of benzene rings is 1. The van der Waals surface area contributed by atoms with Crippen LogP contribution < -0.4 is 15.6 Å². The van der Waals surface area contributed by atoms with Gasteiger partial charge in [0.1, 0.15) is 4.90 Å². The summed E-state index contributed by atoms with van der Waals surface area (Å²) in [6, 6.07) is 4.02. The van der Waals surface area contributed by atoms with E-state index in [0.29, 0.717) is 0 Å². The summed E-state index contributed by atoms with van der Waals surface area (Å²) in [6.45, 7) is 0. The maximum absolute atomic E-state index is 12.0. The SMILES string of the molecule is O=C(NNS(=O)(=O)c1cccc(Cl)c1Cl)C(=O)NC1CC1. The number of carbonyl (C=O) groups excluding carboxylic acids is 2. The molecule has 0 bridgehead atoms. The number of rotatable bonds is 4. The van der Waals surface area contributed by atoms with Crippen LogP contribution in [0.4, 0.5) is 0 Å². The fourth-order valence-electron chi connectivity index (χ4n) is 1.40. The second kappa shape index (κ2) is 6.18. The minimum atomic E-state index is -4.13. The van der Waals surface area contributed by atoms with E-state index in [1.54, 1.807) is 4.83 Å². The van der Waals surface area contributed by atoms with Crippen LogP contribution in [0.25, 0.3) is 0 Å². The average Bonchev–Trinajstić information content (AvgIpc) is 3.23. The highest BCUT2D eigenvalue weighted by atomic mass is 35.5. The molecule has 2 rings (SSSR count). The van der Waals surface area contributed by atoms with Crippen LogP contribution in [0.1, 0.15) is 12.8 Å². The molecule has 1 aromatic carbocycles. The van der Waals surface area contributed by atoms with Gasteiger partial charge in [-0.1, -0.05) is 29.3 Å². The Bertz CT molecular complexity index is 689. The van der Waals surface area contributed by atoms with Crippen molar-refractivity contribution in [3.63, 3.8) is 0 Å². The molecule has 0 saturated heterocycles. The third kappa shape index (κ3) is 4.07. The van der Waals surface area contributed by atoms with E-state index < -0.39 is 21.8 Å². The van der Waals surface area contributed by atoms with Crippen molar-refractivity contribution < 1.29 is 18.0 Å². The predicted octanol–water partition coefficient (Wildman–Crippen LogP) is 0.581. The van der Waals surface area contributed by atoms with Gasteiger partial charge in [-0.2, -0.15) is 0 Å². The summed E-state index contributed by atoms with van der Waals surface area (Å²) in [6.07, 6.45) is 1.62. The van der Waals surface area contributed by atoms with Crippen LogP contribution in [-0.4, -0.2) is 26.3 Å². The molecule has 0 radical (unpaired) electrons. The predicted molar refractivity (Wildman–Crippen MR) is 76.1 cm³/mol. The lowest BCUT2D eigenvalue weighted by Gasteiger charge is -2.10. The topological polar surface area (TPSA) is 104 Å². The van der Waals surface area contributed by atoms with Crippen LogP contribution >= 0.6 is 23.2 Å². The Morgan fingerprint density at radius 2 is 1.81 bits per heavy atom. The van der Waals surface area contributed by atoms with Gasteiger partial charge in [0.2, 0.25) is 0 Å². The van der Waals surface area contributed by atoms with Gasteiger partial charge in [-0.15, -0.1) is 4.83 Å². The third-order valence-electron chi connectivity index (χ3n) is 2.62. The maximum Gasteiger partial charge on any atom is 0.324 e. The van der Waals surface area contributed by atoms with Crippen molar-refractivity contribution in [2.24, 2.45) is 0 Å². The van der Waals surface area contributed by atoms with Crippen molar-refractivity contribution >= 4 is 45.0 Å². The molecule has 21 heavy (non-hydrogen) atoms. The average molecular weight is 352 g/mol. The Labute approximate surface area is 131 Å². The highest BCUT2D eigenvalue weighted by Gasteiger charge is 2.27. The standard InChI is InChI=1S/C11H11Cl2N3O4S/c12-7-2-1-3-8(9(7)13)21(19,20)16-15-11(18)10(17)14-6-4-5-6/h1-3,6,16H,4-5H2,(H,14,17)(H,15,18). The van der Waals surface area contributed by atoms with Gasteiger partial charge in [-0.25, -0.2) is 8.42 Å². The van der Waals surface area contributed by atoms with Crippen molar-refractivity contribution in [1.29, 1.82) is 0 Å². The fourth-order valence-corrected chi connectivity index (χ4v) is 3.00. The van der Waals surface area contributed by atoms with Crippen LogP contribution in [0.15, 0.2) is 23.1 Å². The molecule has 10 heteroatoms. The van der Waals surface area contributed by atoms with E-state index in [2.05, 4.69) is 5.32 Å². The normalized spacial score (nSPS) is 14.6. The van der Waals surface area contributed by atoms with Gasteiger partial charge < -0.3 is 5.32 Å². The number of hydrazine groups is 1. The minimum Gasteiger partial charge on any atom is -0.345 e. The Hall–Kier alpha value is -1.35. The lowest BCUT2D eigenvalue weighted by atomic mass is 10.4. The zero-order valence-corrected chi connectivity index (χ0v) is 12.8. The number of amides is 2. The number of halogens is 2. The summed E-state index contributed by atoms with van der Waals surface area (Å²) in [5.74, 6) is -2.01. The molecule has 3 N–H and O–H groups in total. The molecule has 0 unspecified atom stereocenters. The molecule has 0 atom stereocenters. The van der Waals surface area contributed by atoms with E-state index in [0.717, 1.165) is 12.8 Å². The second-order valence-electron chi connectivity index (χ2n) is 4.36. The van der Waals surface area contributed by atoms with Gasteiger partial charge in [-0.3, -0.25) is 15.0 Å². The quantitative estimate of drug-likeness (QED) is 0.545. The molecular formula is C11H11Cl2N3O4S. The molecule has 0 spiro atoms. The number of carbonyl (C=O) groups is 2. The Kier molecular flexibility index (Phi) is 4.72. The molecule has 1 aliphatic rings. The van der Waals surface area contributed by atoms with Gasteiger partial charge in [-0.05, 0) is 25.0 Å². The molecule has 1 aliphatic carbocycles. The van der Waals surface area contributed by atoms with Crippen molar-refractivity contribution in [2.75, 3.05) is 0 Å². The maximum atomic E-state index is 12.0. The van der Waals surface area contributed by atoms with Crippen molar-refractivity contribution in [3.05, 3.63) is 28.2 Å². The lowest BCUT2D eigenvalue weighted by molar-refractivity contribution is -0.139. The number of sulfonamides is 1. The molecule has 1 aromatic rings. The smallest absolute Gasteiger partial charge is 0.324 e. The van der Waals surface area contributed by atoms with E-state index in [9.17, 15) is 18.0 Å². The van der Waals surface area contributed by atoms with Crippen molar-refractivity contribution in [2.45, 2.75) is 23.8 Å². The molecule has 7 nitrogen and oxygen atoms in total. The molecule has 0 heterocycles. The Balaban J connectivity index is 2.02. The number of hydrogen-bond acceptors (Lipinski definition) is 4. The molecule has 1 fully saturated rings. The van der Waals surface area contributed by atoms with E-state index in [-0.39, 0.29) is 21.0 Å². The van der Waals surface area contributed by atoms with Gasteiger partial charge in [0.25, 0.3) is 10.0 Å².